The summed E-state index contributed by atoms with van der Waals surface area (Å²) < 4.78 is 5.06. The Balaban J connectivity index is 2.02. The molecule has 0 aliphatic heterocycles. The number of amides is 1. The first-order valence-corrected chi connectivity index (χ1v) is 6.38. The molecule has 1 amide bonds. The number of hydrogen-bond acceptors (Lipinski definition) is 3. The fourth-order valence-electron chi connectivity index (χ4n) is 1.50. The van der Waals surface area contributed by atoms with Gasteiger partial charge in [0, 0.05) is 6.54 Å². The van der Waals surface area contributed by atoms with Crippen LogP contribution in [-0.4, -0.2) is 18.9 Å². The Morgan fingerprint density at radius 3 is 2.74 bits per heavy atom. The summed E-state index contributed by atoms with van der Waals surface area (Å²) in [6.45, 7) is 0.872. The maximum atomic E-state index is 11.4. The summed E-state index contributed by atoms with van der Waals surface area (Å²) in [5.74, 6) is 0. The van der Waals surface area contributed by atoms with E-state index in [9.17, 15) is 9.59 Å². The lowest BCUT2D eigenvalue weighted by Gasteiger charge is -2.06. The second-order valence-corrected chi connectivity index (χ2v) is 4.05. The largest absolute Gasteiger partial charge is 0.445 e. The summed E-state index contributed by atoms with van der Waals surface area (Å²) in [5, 5.41) is 2.69. The number of hydrogen-bond donors (Lipinski definition) is 1. The summed E-state index contributed by atoms with van der Waals surface area (Å²) in [6, 6.07) is 9.55. The van der Waals surface area contributed by atoms with Gasteiger partial charge in [-0.05, 0) is 30.9 Å². The SMILES string of the molecule is O=C/C=C/CCCCNC(=O)OCc1ccccc1. The van der Waals surface area contributed by atoms with Crippen molar-refractivity contribution in [1.29, 1.82) is 0 Å². The van der Waals surface area contributed by atoms with Gasteiger partial charge in [-0.15, -0.1) is 0 Å². The summed E-state index contributed by atoms with van der Waals surface area (Å²) >= 11 is 0. The van der Waals surface area contributed by atoms with Crippen molar-refractivity contribution < 1.29 is 14.3 Å². The normalized spacial score (nSPS) is 10.3. The molecule has 4 heteroatoms. The van der Waals surface area contributed by atoms with Crippen LogP contribution in [-0.2, 0) is 16.1 Å². The molecule has 0 radical (unpaired) electrons. The van der Waals surface area contributed by atoms with Crippen LogP contribution in [0.5, 0.6) is 0 Å². The molecule has 102 valence electrons. The van der Waals surface area contributed by atoms with Crippen molar-refractivity contribution in [2.24, 2.45) is 0 Å². The molecule has 0 saturated heterocycles. The number of alkyl carbamates (subject to hydrolysis) is 1. The zero-order valence-electron chi connectivity index (χ0n) is 10.9. The first-order chi connectivity index (χ1) is 9.33. The molecular formula is C15H19NO3. The number of unbranched alkanes of at least 4 members (excludes halogenated alkanes) is 2. The first kappa shape index (κ1) is 15.0. The van der Waals surface area contributed by atoms with E-state index in [0.717, 1.165) is 31.1 Å². The molecule has 0 aliphatic carbocycles. The van der Waals surface area contributed by atoms with E-state index in [1.165, 1.54) is 6.08 Å². The van der Waals surface area contributed by atoms with E-state index in [0.29, 0.717) is 6.54 Å². The molecule has 1 aromatic carbocycles. The van der Waals surface area contributed by atoms with Crippen molar-refractivity contribution >= 4 is 12.4 Å². The smallest absolute Gasteiger partial charge is 0.407 e. The highest BCUT2D eigenvalue weighted by Gasteiger charge is 2.00. The van der Waals surface area contributed by atoms with Crippen LogP contribution in [0, 0.1) is 0 Å². The Bertz CT molecular complexity index is 401. The summed E-state index contributed by atoms with van der Waals surface area (Å²) in [4.78, 5) is 21.4. The number of rotatable bonds is 8. The number of allylic oxidation sites excluding steroid dienone is 2. The number of aldehydes is 1. The van der Waals surface area contributed by atoms with E-state index >= 15 is 0 Å². The molecular weight excluding hydrogens is 242 g/mol. The third-order valence-corrected chi connectivity index (χ3v) is 2.49. The minimum absolute atomic E-state index is 0.286. The molecule has 0 bridgehead atoms. The Hall–Kier alpha value is -2.10. The van der Waals surface area contributed by atoms with Crippen LogP contribution < -0.4 is 5.32 Å². The fourth-order valence-corrected chi connectivity index (χ4v) is 1.50. The average molecular weight is 261 g/mol. The van der Waals surface area contributed by atoms with Gasteiger partial charge in [0.1, 0.15) is 12.9 Å². The molecule has 4 nitrogen and oxygen atoms in total. The third-order valence-electron chi connectivity index (χ3n) is 2.49. The Labute approximate surface area is 113 Å². The van der Waals surface area contributed by atoms with E-state index in [4.69, 9.17) is 4.74 Å². The summed E-state index contributed by atoms with van der Waals surface area (Å²) in [6.07, 6.45) is 6.32. The number of ether oxygens (including phenoxy) is 1. The number of carbonyl (C=O) groups excluding carboxylic acids is 2. The maximum absolute atomic E-state index is 11.4. The lowest BCUT2D eigenvalue weighted by atomic mass is 10.2. The van der Waals surface area contributed by atoms with Crippen molar-refractivity contribution in [1.82, 2.24) is 5.32 Å². The minimum Gasteiger partial charge on any atom is -0.445 e. The zero-order valence-corrected chi connectivity index (χ0v) is 10.9. The molecule has 0 spiro atoms. The second kappa shape index (κ2) is 9.88. The van der Waals surface area contributed by atoms with Crippen molar-refractivity contribution in [3.8, 4) is 0 Å². The van der Waals surface area contributed by atoms with Gasteiger partial charge in [-0.2, -0.15) is 0 Å². The highest BCUT2D eigenvalue weighted by molar-refractivity contribution is 5.67. The van der Waals surface area contributed by atoms with E-state index in [1.807, 2.05) is 36.4 Å². The van der Waals surface area contributed by atoms with Gasteiger partial charge in [0.25, 0.3) is 0 Å². The molecule has 1 N–H and O–H groups in total. The van der Waals surface area contributed by atoms with Gasteiger partial charge in [0.05, 0.1) is 0 Å². The van der Waals surface area contributed by atoms with E-state index in [-0.39, 0.29) is 6.61 Å². The Morgan fingerprint density at radius 1 is 1.21 bits per heavy atom. The fraction of sp³-hybridized carbons (Fsp3) is 0.333. The maximum Gasteiger partial charge on any atom is 0.407 e. The van der Waals surface area contributed by atoms with Crippen molar-refractivity contribution in [2.75, 3.05) is 6.54 Å². The van der Waals surface area contributed by atoms with Gasteiger partial charge in [0.2, 0.25) is 0 Å². The summed E-state index contributed by atoms with van der Waals surface area (Å²) in [7, 11) is 0. The lowest BCUT2D eigenvalue weighted by Crippen LogP contribution is -2.25. The standard InChI is InChI=1S/C15H19NO3/c17-12-8-3-1-2-7-11-16-15(18)19-13-14-9-5-4-6-10-14/h3-6,8-10,12H,1-2,7,11,13H2,(H,16,18)/b8-3+. The zero-order chi connectivity index (χ0) is 13.8. The van der Waals surface area contributed by atoms with Gasteiger partial charge in [-0.1, -0.05) is 36.4 Å². The van der Waals surface area contributed by atoms with Crippen molar-refractivity contribution in [2.45, 2.75) is 25.9 Å². The molecule has 0 unspecified atom stereocenters. The highest BCUT2D eigenvalue weighted by Crippen LogP contribution is 2.00. The monoisotopic (exact) mass is 261 g/mol. The molecule has 0 atom stereocenters. The molecule has 0 fully saturated rings. The lowest BCUT2D eigenvalue weighted by molar-refractivity contribution is -0.104. The predicted octanol–water partition coefficient (Wildman–Crippen LogP) is 2.84. The number of nitrogens with one attached hydrogen (secondary N) is 1. The second-order valence-electron chi connectivity index (χ2n) is 4.05. The van der Waals surface area contributed by atoms with Crippen LogP contribution >= 0.6 is 0 Å². The Morgan fingerprint density at radius 2 is 2.00 bits per heavy atom. The van der Waals surface area contributed by atoms with E-state index in [1.54, 1.807) is 0 Å². The molecule has 0 heterocycles. The van der Waals surface area contributed by atoms with Crippen LogP contribution in [0.1, 0.15) is 24.8 Å². The molecule has 0 saturated carbocycles. The third kappa shape index (κ3) is 7.76. The first-order valence-electron chi connectivity index (χ1n) is 6.38. The Kier molecular flexibility index (Phi) is 7.78. The average Bonchev–Trinajstić information content (AvgIpc) is 2.45. The van der Waals surface area contributed by atoms with Crippen LogP contribution in [0.15, 0.2) is 42.5 Å². The van der Waals surface area contributed by atoms with Gasteiger partial charge in [-0.3, -0.25) is 4.79 Å². The number of benzene rings is 1. The van der Waals surface area contributed by atoms with Crippen LogP contribution in [0.4, 0.5) is 4.79 Å². The van der Waals surface area contributed by atoms with Gasteiger partial charge >= 0.3 is 6.09 Å². The summed E-state index contributed by atoms with van der Waals surface area (Å²) in [5.41, 5.74) is 0.969. The molecule has 19 heavy (non-hydrogen) atoms. The number of carbonyl (C=O) groups is 2. The van der Waals surface area contributed by atoms with Gasteiger partial charge in [-0.25, -0.2) is 4.79 Å². The van der Waals surface area contributed by atoms with Crippen molar-refractivity contribution in [3.63, 3.8) is 0 Å². The highest BCUT2D eigenvalue weighted by atomic mass is 16.5. The van der Waals surface area contributed by atoms with Crippen LogP contribution in [0.25, 0.3) is 0 Å². The molecule has 0 aliphatic rings. The molecule has 1 rings (SSSR count). The van der Waals surface area contributed by atoms with Crippen LogP contribution in [0.2, 0.25) is 0 Å². The quantitative estimate of drug-likeness (QED) is 0.445. The molecule has 1 aromatic rings. The van der Waals surface area contributed by atoms with Crippen molar-refractivity contribution in [3.05, 3.63) is 48.0 Å². The minimum atomic E-state index is -0.396. The van der Waals surface area contributed by atoms with E-state index in [2.05, 4.69) is 5.32 Å². The van der Waals surface area contributed by atoms with Gasteiger partial charge < -0.3 is 10.1 Å². The van der Waals surface area contributed by atoms with Crippen LogP contribution in [0.3, 0.4) is 0 Å². The predicted molar refractivity (Wildman–Crippen MR) is 73.7 cm³/mol. The van der Waals surface area contributed by atoms with Gasteiger partial charge in [0.15, 0.2) is 0 Å². The topological polar surface area (TPSA) is 55.4 Å². The van der Waals surface area contributed by atoms with E-state index < -0.39 is 6.09 Å². The molecule has 0 aromatic heterocycles.